The molecule has 0 spiro atoms. The maximum Gasteiger partial charge on any atom is 0.251 e. The van der Waals surface area contributed by atoms with Crippen LogP contribution in [0.5, 0.6) is 0 Å². The first-order valence-corrected chi connectivity index (χ1v) is 8.43. The lowest BCUT2D eigenvalue weighted by molar-refractivity contribution is -0.123. The highest BCUT2D eigenvalue weighted by Crippen LogP contribution is 2.20. The Balaban J connectivity index is 1.71. The van der Waals surface area contributed by atoms with Crippen molar-refractivity contribution in [2.45, 2.75) is 25.9 Å². The summed E-state index contributed by atoms with van der Waals surface area (Å²) in [5.74, 6) is -0.512. The second-order valence-electron chi connectivity index (χ2n) is 6.13. The van der Waals surface area contributed by atoms with E-state index in [0.717, 1.165) is 4.47 Å². The van der Waals surface area contributed by atoms with E-state index in [9.17, 15) is 9.18 Å². The van der Waals surface area contributed by atoms with Gasteiger partial charge in [0.25, 0.3) is 5.91 Å². The zero-order valence-electron chi connectivity index (χ0n) is 13.8. The molecule has 130 valence electrons. The molecule has 1 aromatic carbocycles. The van der Waals surface area contributed by atoms with Crippen LogP contribution in [0.1, 0.15) is 19.4 Å². The highest BCUT2D eigenvalue weighted by molar-refractivity contribution is 9.10. The summed E-state index contributed by atoms with van der Waals surface area (Å²) in [6.45, 7) is 3.83. The van der Waals surface area contributed by atoms with Crippen molar-refractivity contribution in [2.24, 2.45) is 0 Å². The fraction of sp³-hybridized carbons (Fsp3) is 0.235. The van der Waals surface area contributed by atoms with E-state index in [1.165, 1.54) is 12.3 Å². The summed E-state index contributed by atoms with van der Waals surface area (Å²) in [6.07, 6.45) is 6.57. The minimum absolute atomic E-state index is 0.228. The van der Waals surface area contributed by atoms with E-state index < -0.39 is 5.54 Å². The molecule has 0 atom stereocenters. The molecule has 1 amide bonds. The number of hydrogen-bond donors (Lipinski definition) is 1. The van der Waals surface area contributed by atoms with Gasteiger partial charge in [0, 0.05) is 18.0 Å². The third-order valence-electron chi connectivity index (χ3n) is 3.86. The van der Waals surface area contributed by atoms with Crippen molar-refractivity contribution in [3.8, 4) is 0 Å². The summed E-state index contributed by atoms with van der Waals surface area (Å²) in [6, 6.07) is 6.53. The smallest absolute Gasteiger partial charge is 0.251 e. The number of carbonyl (C=O) groups excluding carboxylic acids is 1. The predicted octanol–water partition coefficient (Wildman–Crippen LogP) is 3.40. The van der Waals surface area contributed by atoms with Gasteiger partial charge < -0.3 is 5.32 Å². The van der Waals surface area contributed by atoms with Crippen LogP contribution in [0.2, 0.25) is 0 Å². The Morgan fingerprint density at radius 1 is 1.24 bits per heavy atom. The molecule has 0 bridgehead atoms. The van der Waals surface area contributed by atoms with E-state index in [0.29, 0.717) is 11.3 Å². The van der Waals surface area contributed by atoms with Gasteiger partial charge in [0.1, 0.15) is 11.4 Å². The standard InChI is InChI=1S/C17H17BrFN5O/c1-17(2,24-10-13(18)7-21-24)16(25)22-14-8-20-23(11-14)9-12-5-3-4-6-15(12)19/h3-8,10-11H,9H2,1-2H3,(H,22,25). The van der Waals surface area contributed by atoms with Crippen molar-refractivity contribution in [3.05, 3.63) is 64.9 Å². The number of hydrogen-bond acceptors (Lipinski definition) is 3. The van der Waals surface area contributed by atoms with Crippen LogP contribution in [0.15, 0.2) is 53.5 Å². The molecule has 0 aliphatic carbocycles. The molecule has 2 heterocycles. The molecule has 0 fully saturated rings. The Morgan fingerprint density at radius 2 is 2.00 bits per heavy atom. The maximum absolute atomic E-state index is 13.7. The molecule has 25 heavy (non-hydrogen) atoms. The largest absolute Gasteiger partial charge is 0.321 e. The van der Waals surface area contributed by atoms with Gasteiger partial charge in [-0.3, -0.25) is 14.2 Å². The molecule has 3 aromatic rings. The van der Waals surface area contributed by atoms with Crippen LogP contribution in [0.4, 0.5) is 10.1 Å². The molecule has 0 aliphatic rings. The normalized spacial score (nSPS) is 11.5. The average molecular weight is 406 g/mol. The van der Waals surface area contributed by atoms with Gasteiger partial charge in [-0.25, -0.2) is 4.39 Å². The second kappa shape index (κ2) is 6.79. The topological polar surface area (TPSA) is 64.7 Å². The van der Waals surface area contributed by atoms with E-state index in [4.69, 9.17) is 0 Å². The van der Waals surface area contributed by atoms with E-state index in [1.807, 2.05) is 0 Å². The van der Waals surface area contributed by atoms with Gasteiger partial charge >= 0.3 is 0 Å². The minimum atomic E-state index is -0.875. The van der Waals surface area contributed by atoms with Gasteiger partial charge in [-0.15, -0.1) is 0 Å². The SMILES string of the molecule is CC(C)(C(=O)Nc1cnn(Cc2ccccc2F)c1)n1cc(Br)cn1. The summed E-state index contributed by atoms with van der Waals surface area (Å²) < 4.78 is 17.7. The number of nitrogens with zero attached hydrogens (tertiary/aromatic N) is 4. The Bertz CT molecular complexity index is 902. The number of anilines is 1. The van der Waals surface area contributed by atoms with Gasteiger partial charge in [0.2, 0.25) is 0 Å². The van der Waals surface area contributed by atoms with Crippen molar-refractivity contribution in [3.63, 3.8) is 0 Å². The van der Waals surface area contributed by atoms with Gasteiger partial charge in [0.15, 0.2) is 0 Å². The van der Waals surface area contributed by atoms with Crippen LogP contribution < -0.4 is 5.32 Å². The number of halogens is 2. The third kappa shape index (κ3) is 3.79. The number of benzene rings is 1. The van der Waals surface area contributed by atoms with Crippen molar-refractivity contribution >= 4 is 27.5 Å². The Kier molecular flexibility index (Phi) is 4.71. The quantitative estimate of drug-likeness (QED) is 0.707. The van der Waals surface area contributed by atoms with Crippen LogP contribution in [-0.2, 0) is 16.9 Å². The number of aromatic nitrogens is 4. The first-order valence-electron chi connectivity index (χ1n) is 7.64. The molecule has 0 radical (unpaired) electrons. The van der Waals surface area contributed by atoms with Gasteiger partial charge in [-0.2, -0.15) is 10.2 Å². The van der Waals surface area contributed by atoms with E-state index >= 15 is 0 Å². The Hall–Kier alpha value is -2.48. The lowest BCUT2D eigenvalue weighted by Gasteiger charge is -2.23. The minimum Gasteiger partial charge on any atom is -0.321 e. The number of rotatable bonds is 5. The Labute approximate surface area is 152 Å². The highest BCUT2D eigenvalue weighted by atomic mass is 79.9. The zero-order chi connectivity index (χ0) is 18.0. The van der Waals surface area contributed by atoms with Crippen molar-refractivity contribution in [1.29, 1.82) is 0 Å². The van der Waals surface area contributed by atoms with E-state index in [2.05, 4.69) is 31.4 Å². The summed E-state index contributed by atoms with van der Waals surface area (Å²) in [5.41, 5.74) is 0.200. The summed E-state index contributed by atoms with van der Waals surface area (Å²) in [4.78, 5) is 12.6. The van der Waals surface area contributed by atoms with Crippen LogP contribution in [0.25, 0.3) is 0 Å². The molecular formula is C17H17BrFN5O. The first kappa shape index (κ1) is 17.3. The molecule has 6 nitrogen and oxygen atoms in total. The number of amides is 1. The van der Waals surface area contributed by atoms with E-state index in [1.54, 1.807) is 60.0 Å². The predicted molar refractivity (Wildman–Crippen MR) is 95.6 cm³/mol. The summed E-state index contributed by atoms with van der Waals surface area (Å²) in [5, 5.41) is 11.2. The van der Waals surface area contributed by atoms with Gasteiger partial charge in [-0.1, -0.05) is 18.2 Å². The number of carbonyl (C=O) groups is 1. The molecule has 0 saturated heterocycles. The molecule has 0 unspecified atom stereocenters. The molecule has 8 heteroatoms. The molecule has 1 N–H and O–H groups in total. The summed E-state index contributed by atoms with van der Waals surface area (Å²) >= 11 is 3.32. The van der Waals surface area contributed by atoms with Crippen LogP contribution in [-0.4, -0.2) is 25.5 Å². The lowest BCUT2D eigenvalue weighted by atomic mass is 10.1. The molecule has 3 rings (SSSR count). The zero-order valence-corrected chi connectivity index (χ0v) is 15.4. The van der Waals surface area contributed by atoms with Crippen LogP contribution in [0.3, 0.4) is 0 Å². The lowest BCUT2D eigenvalue weighted by Crippen LogP contribution is -2.40. The number of nitrogens with one attached hydrogen (secondary N) is 1. The Morgan fingerprint density at radius 3 is 2.68 bits per heavy atom. The van der Waals surface area contributed by atoms with Gasteiger partial charge in [0.05, 0.1) is 29.1 Å². The fourth-order valence-corrected chi connectivity index (χ4v) is 2.60. The van der Waals surface area contributed by atoms with Crippen molar-refractivity contribution in [2.75, 3.05) is 5.32 Å². The monoisotopic (exact) mass is 405 g/mol. The van der Waals surface area contributed by atoms with E-state index in [-0.39, 0.29) is 18.3 Å². The summed E-state index contributed by atoms with van der Waals surface area (Å²) in [7, 11) is 0. The highest BCUT2D eigenvalue weighted by Gasteiger charge is 2.31. The molecular weight excluding hydrogens is 389 g/mol. The van der Waals surface area contributed by atoms with Crippen molar-refractivity contribution < 1.29 is 9.18 Å². The van der Waals surface area contributed by atoms with Crippen LogP contribution in [0, 0.1) is 5.82 Å². The van der Waals surface area contributed by atoms with Crippen molar-refractivity contribution in [1.82, 2.24) is 19.6 Å². The third-order valence-corrected chi connectivity index (χ3v) is 4.27. The average Bonchev–Trinajstić information content (AvgIpc) is 3.19. The fourth-order valence-electron chi connectivity index (χ4n) is 2.31. The van der Waals surface area contributed by atoms with Gasteiger partial charge in [-0.05, 0) is 35.8 Å². The second-order valence-corrected chi connectivity index (χ2v) is 7.05. The van der Waals surface area contributed by atoms with Crippen LogP contribution >= 0.6 is 15.9 Å². The first-order chi connectivity index (χ1) is 11.9. The molecule has 2 aromatic heterocycles. The molecule has 0 saturated carbocycles. The molecule has 0 aliphatic heterocycles. The maximum atomic E-state index is 13.7.